The summed E-state index contributed by atoms with van der Waals surface area (Å²) < 4.78 is 5.81. The van der Waals surface area contributed by atoms with Gasteiger partial charge in [-0.25, -0.2) is 9.97 Å². The van der Waals surface area contributed by atoms with Gasteiger partial charge in [-0.15, -0.1) is 0 Å². The van der Waals surface area contributed by atoms with E-state index in [1.165, 1.54) is 102 Å². The fourth-order valence-electron chi connectivity index (χ4n) is 4.07. The zero-order valence-electron chi connectivity index (χ0n) is 20.8. The second-order valence-electron chi connectivity index (χ2n) is 9.13. The molecule has 0 atom stereocenters. The molecule has 2 aromatic rings. The third-order valence-corrected chi connectivity index (χ3v) is 6.18. The monoisotopic (exact) mass is 438 g/mol. The van der Waals surface area contributed by atoms with Gasteiger partial charge in [-0.2, -0.15) is 0 Å². The van der Waals surface area contributed by atoms with E-state index >= 15 is 0 Å². The third kappa shape index (κ3) is 11.6. The van der Waals surface area contributed by atoms with Crippen LogP contribution in [0.25, 0.3) is 11.4 Å². The van der Waals surface area contributed by atoms with Crippen molar-refractivity contribution in [1.82, 2.24) is 9.97 Å². The zero-order valence-corrected chi connectivity index (χ0v) is 20.8. The Labute approximate surface area is 197 Å². The van der Waals surface area contributed by atoms with Gasteiger partial charge in [0.05, 0.1) is 19.0 Å². The van der Waals surface area contributed by atoms with Crippen molar-refractivity contribution in [2.45, 2.75) is 117 Å². The summed E-state index contributed by atoms with van der Waals surface area (Å²) in [7, 11) is 0. The molecule has 0 spiro atoms. The lowest BCUT2D eigenvalue weighted by Gasteiger charge is -2.07. The smallest absolute Gasteiger partial charge is 0.159 e. The van der Waals surface area contributed by atoms with Gasteiger partial charge in [-0.05, 0) is 24.8 Å². The maximum absolute atomic E-state index is 5.81. The van der Waals surface area contributed by atoms with E-state index in [4.69, 9.17) is 4.74 Å². The molecule has 0 saturated carbocycles. The molecule has 2 rings (SSSR count). The average Bonchev–Trinajstić information content (AvgIpc) is 2.83. The quantitative estimate of drug-likeness (QED) is 0.205. The minimum atomic E-state index is 0.754. The summed E-state index contributed by atoms with van der Waals surface area (Å²) in [5.74, 6) is 1.54. The molecule has 0 amide bonds. The van der Waals surface area contributed by atoms with Crippen LogP contribution in [0.2, 0.25) is 0 Å². The van der Waals surface area contributed by atoms with Crippen LogP contribution in [0.1, 0.15) is 116 Å². The molecule has 178 valence electrons. The van der Waals surface area contributed by atoms with E-state index in [9.17, 15) is 0 Å². The number of aromatic nitrogens is 2. The molecule has 3 heteroatoms. The number of ether oxygens (including phenoxy) is 1. The van der Waals surface area contributed by atoms with Crippen molar-refractivity contribution in [2.75, 3.05) is 6.61 Å². The molecule has 0 saturated heterocycles. The molecule has 1 heterocycles. The molecule has 1 aromatic heterocycles. The van der Waals surface area contributed by atoms with Crippen molar-refractivity contribution in [3.8, 4) is 17.1 Å². The lowest BCUT2D eigenvalue weighted by molar-refractivity contribution is 0.302. The van der Waals surface area contributed by atoms with Gasteiger partial charge >= 0.3 is 0 Å². The Morgan fingerprint density at radius 1 is 0.594 bits per heavy atom. The molecule has 32 heavy (non-hydrogen) atoms. The normalized spacial score (nSPS) is 11.1. The Morgan fingerprint density at radius 3 is 1.66 bits per heavy atom. The molecule has 0 radical (unpaired) electrons. The molecule has 0 aliphatic rings. The van der Waals surface area contributed by atoms with E-state index in [1.54, 1.807) is 12.4 Å². The van der Waals surface area contributed by atoms with Gasteiger partial charge in [0.15, 0.2) is 11.6 Å². The van der Waals surface area contributed by atoms with Gasteiger partial charge < -0.3 is 4.74 Å². The molecule has 0 aliphatic carbocycles. The largest absolute Gasteiger partial charge is 0.490 e. The Hall–Kier alpha value is -1.90. The number of aryl methyl sites for hydroxylation is 1. The molecule has 0 bridgehead atoms. The predicted octanol–water partition coefficient (Wildman–Crippen LogP) is 8.96. The van der Waals surface area contributed by atoms with Gasteiger partial charge in [0.1, 0.15) is 0 Å². The second kappa shape index (κ2) is 17.6. The van der Waals surface area contributed by atoms with Crippen molar-refractivity contribution in [1.29, 1.82) is 0 Å². The highest BCUT2D eigenvalue weighted by Crippen LogP contribution is 2.19. The van der Waals surface area contributed by atoms with Crippen molar-refractivity contribution in [2.24, 2.45) is 0 Å². The van der Waals surface area contributed by atoms with Gasteiger partial charge in [0, 0.05) is 5.56 Å². The summed E-state index contributed by atoms with van der Waals surface area (Å²) >= 11 is 0. The van der Waals surface area contributed by atoms with Crippen LogP contribution in [0.5, 0.6) is 5.75 Å². The Morgan fingerprint density at radius 2 is 1.09 bits per heavy atom. The highest BCUT2D eigenvalue weighted by atomic mass is 16.5. The van der Waals surface area contributed by atoms with Gasteiger partial charge in [0.2, 0.25) is 0 Å². The van der Waals surface area contributed by atoms with Crippen LogP contribution in [0.15, 0.2) is 36.7 Å². The van der Waals surface area contributed by atoms with Crippen LogP contribution >= 0.6 is 0 Å². The molecule has 0 aliphatic heterocycles. The maximum atomic E-state index is 5.81. The highest BCUT2D eigenvalue weighted by Gasteiger charge is 2.03. The third-order valence-electron chi connectivity index (χ3n) is 6.18. The predicted molar refractivity (Wildman–Crippen MR) is 137 cm³/mol. The number of hydrogen-bond acceptors (Lipinski definition) is 3. The summed E-state index contributed by atoms with van der Waals surface area (Å²) in [4.78, 5) is 9.02. The maximum Gasteiger partial charge on any atom is 0.159 e. The average molecular weight is 439 g/mol. The van der Waals surface area contributed by atoms with Crippen LogP contribution in [0.4, 0.5) is 0 Å². The summed E-state index contributed by atoms with van der Waals surface area (Å²) in [6.07, 6.45) is 24.8. The first-order valence-electron chi connectivity index (χ1n) is 13.4. The SMILES string of the molecule is CCCCCCCCCCc1ccc(-c2ncc(OCCCCCCCCC)cn2)cc1. The summed E-state index contributed by atoms with van der Waals surface area (Å²) in [5, 5.41) is 0. The molecule has 3 nitrogen and oxygen atoms in total. The number of nitrogens with zero attached hydrogens (tertiary/aromatic N) is 2. The lowest BCUT2D eigenvalue weighted by Crippen LogP contribution is -1.99. The van der Waals surface area contributed by atoms with E-state index in [0.717, 1.165) is 30.2 Å². The van der Waals surface area contributed by atoms with E-state index in [2.05, 4.69) is 48.1 Å². The van der Waals surface area contributed by atoms with E-state index in [-0.39, 0.29) is 0 Å². The number of unbranched alkanes of at least 4 members (excludes halogenated alkanes) is 13. The van der Waals surface area contributed by atoms with Gasteiger partial charge in [-0.1, -0.05) is 122 Å². The minimum Gasteiger partial charge on any atom is -0.490 e. The van der Waals surface area contributed by atoms with Crippen LogP contribution in [0, 0.1) is 0 Å². The van der Waals surface area contributed by atoms with Crippen LogP contribution < -0.4 is 4.74 Å². The fourth-order valence-corrected chi connectivity index (χ4v) is 4.07. The topological polar surface area (TPSA) is 35.0 Å². The first-order valence-corrected chi connectivity index (χ1v) is 13.4. The van der Waals surface area contributed by atoms with Crippen molar-refractivity contribution >= 4 is 0 Å². The highest BCUT2D eigenvalue weighted by molar-refractivity contribution is 5.55. The first-order chi connectivity index (χ1) is 15.8. The first kappa shape index (κ1) is 26.4. The van der Waals surface area contributed by atoms with E-state index in [0.29, 0.717) is 0 Å². The van der Waals surface area contributed by atoms with Crippen LogP contribution in [0.3, 0.4) is 0 Å². The molecule has 0 fully saturated rings. The molecule has 0 N–H and O–H groups in total. The lowest BCUT2D eigenvalue weighted by atomic mass is 10.0. The van der Waals surface area contributed by atoms with Crippen molar-refractivity contribution in [3.05, 3.63) is 42.2 Å². The summed E-state index contributed by atoms with van der Waals surface area (Å²) in [6.45, 7) is 5.29. The van der Waals surface area contributed by atoms with Crippen molar-refractivity contribution in [3.63, 3.8) is 0 Å². The minimum absolute atomic E-state index is 0.754. The Bertz CT molecular complexity index is 620. The fraction of sp³-hybridized carbons (Fsp3) is 0.655. The number of benzene rings is 1. The van der Waals surface area contributed by atoms with E-state index < -0.39 is 0 Å². The summed E-state index contributed by atoms with van der Waals surface area (Å²) in [6, 6.07) is 8.75. The number of hydrogen-bond donors (Lipinski definition) is 0. The summed E-state index contributed by atoms with van der Waals surface area (Å²) in [5.41, 5.74) is 2.48. The molecular weight excluding hydrogens is 392 g/mol. The van der Waals surface area contributed by atoms with Gasteiger partial charge in [-0.3, -0.25) is 0 Å². The van der Waals surface area contributed by atoms with Crippen LogP contribution in [-0.2, 0) is 6.42 Å². The Balaban J connectivity index is 1.61. The molecule has 1 aromatic carbocycles. The Kier molecular flexibility index (Phi) is 14.5. The molecule has 0 unspecified atom stereocenters. The zero-order chi connectivity index (χ0) is 22.7. The van der Waals surface area contributed by atoms with Crippen molar-refractivity contribution < 1.29 is 4.74 Å². The van der Waals surface area contributed by atoms with Crippen LogP contribution in [-0.4, -0.2) is 16.6 Å². The second-order valence-corrected chi connectivity index (χ2v) is 9.13. The van der Waals surface area contributed by atoms with Gasteiger partial charge in [0.25, 0.3) is 0 Å². The molecular formula is C29H46N2O. The standard InChI is InChI=1S/C29H46N2O/c1-3-5-7-9-11-12-14-16-18-26-19-21-27(22-20-26)29-30-24-28(25-31-29)32-23-17-15-13-10-8-6-4-2/h19-22,24-25H,3-18,23H2,1-2H3. The van der Waals surface area contributed by atoms with E-state index in [1.807, 2.05) is 0 Å². The number of rotatable bonds is 19.